The van der Waals surface area contributed by atoms with Gasteiger partial charge in [0.1, 0.15) is 23.9 Å². The van der Waals surface area contributed by atoms with Gasteiger partial charge < -0.3 is 23.7 Å². The Labute approximate surface area is 187 Å². The minimum absolute atomic E-state index is 0.117. The zero-order valence-corrected chi connectivity index (χ0v) is 18.3. The lowest BCUT2D eigenvalue weighted by Crippen LogP contribution is -2.14. The molecule has 4 rings (SSSR count). The van der Waals surface area contributed by atoms with Crippen LogP contribution in [0.25, 0.3) is 6.08 Å². The maximum Gasteiger partial charge on any atom is 0.344 e. The topological polar surface area (TPSA) is 80.3 Å². The Bertz CT molecular complexity index is 1100. The molecular formula is C23H19BrO7. The molecule has 0 N–H and O–H groups in total. The summed E-state index contributed by atoms with van der Waals surface area (Å²) in [5.74, 6) is 0.869. The molecule has 2 aliphatic rings. The molecule has 0 saturated heterocycles. The molecule has 2 aliphatic heterocycles. The Kier molecular flexibility index (Phi) is 6.11. The number of hydrogen-bond acceptors (Lipinski definition) is 7. The van der Waals surface area contributed by atoms with Gasteiger partial charge in [0.05, 0.1) is 12.2 Å². The van der Waals surface area contributed by atoms with E-state index in [4.69, 9.17) is 23.7 Å². The lowest BCUT2D eigenvalue weighted by Gasteiger charge is -2.20. The van der Waals surface area contributed by atoms with Gasteiger partial charge in [0, 0.05) is 21.7 Å². The average molecular weight is 487 g/mol. The number of carbonyl (C=O) groups excluding carboxylic acids is 2. The molecule has 2 aromatic carbocycles. The summed E-state index contributed by atoms with van der Waals surface area (Å²) < 4.78 is 28.0. The first-order valence-electron chi connectivity index (χ1n) is 9.47. The third-order valence-corrected chi connectivity index (χ3v) is 5.11. The van der Waals surface area contributed by atoms with Gasteiger partial charge in [-0.05, 0) is 36.8 Å². The third kappa shape index (κ3) is 4.50. The second-order valence-electron chi connectivity index (χ2n) is 6.91. The lowest BCUT2D eigenvalue weighted by atomic mass is 10.0. The van der Waals surface area contributed by atoms with E-state index in [2.05, 4.69) is 22.5 Å². The largest absolute Gasteiger partial charge is 0.482 e. The van der Waals surface area contributed by atoms with Gasteiger partial charge in [0.15, 0.2) is 19.2 Å². The summed E-state index contributed by atoms with van der Waals surface area (Å²) in [6.07, 6.45) is 3.13. The maximum atomic E-state index is 13.0. The van der Waals surface area contributed by atoms with Crippen molar-refractivity contribution < 1.29 is 33.3 Å². The average Bonchev–Trinajstić information content (AvgIpc) is 3.06. The van der Waals surface area contributed by atoms with E-state index in [1.54, 1.807) is 25.1 Å². The van der Waals surface area contributed by atoms with Crippen molar-refractivity contribution in [3.05, 3.63) is 69.4 Å². The molecule has 31 heavy (non-hydrogen) atoms. The molecule has 0 saturated carbocycles. The summed E-state index contributed by atoms with van der Waals surface area (Å²) in [5.41, 5.74) is 2.73. The van der Waals surface area contributed by atoms with E-state index in [0.717, 1.165) is 10.0 Å². The van der Waals surface area contributed by atoms with Gasteiger partial charge in [-0.25, -0.2) is 4.79 Å². The molecule has 2 heterocycles. The molecule has 0 amide bonds. The first-order valence-corrected chi connectivity index (χ1v) is 10.3. The Morgan fingerprint density at radius 2 is 2.13 bits per heavy atom. The standard InChI is InChI=1S/C23H19BrO7/c1-3-4-28-20(25)11-29-17-5-13(2)21-18(9-17)31-19(22(21)26)8-14-6-16(24)7-15-10-27-12-30-23(14)15/h3,5-9H,1,4,10-12H2,2H3/b19-8-. The summed E-state index contributed by atoms with van der Waals surface area (Å²) in [6.45, 7) is 5.70. The molecule has 0 fully saturated rings. The fourth-order valence-electron chi connectivity index (χ4n) is 3.35. The van der Waals surface area contributed by atoms with E-state index in [1.807, 2.05) is 12.1 Å². The summed E-state index contributed by atoms with van der Waals surface area (Å²) in [4.78, 5) is 24.6. The van der Waals surface area contributed by atoms with Crippen LogP contribution in [0.4, 0.5) is 0 Å². The molecule has 8 heteroatoms. The monoisotopic (exact) mass is 486 g/mol. The van der Waals surface area contributed by atoms with Crippen LogP contribution in [0.5, 0.6) is 17.2 Å². The van der Waals surface area contributed by atoms with Crippen LogP contribution in [0.3, 0.4) is 0 Å². The fourth-order valence-corrected chi connectivity index (χ4v) is 3.88. The van der Waals surface area contributed by atoms with E-state index in [1.165, 1.54) is 6.08 Å². The Hall–Kier alpha value is -3.10. The number of fused-ring (bicyclic) bond motifs is 2. The van der Waals surface area contributed by atoms with Gasteiger partial charge in [0.2, 0.25) is 5.78 Å². The van der Waals surface area contributed by atoms with Gasteiger partial charge in [-0.15, -0.1) is 0 Å². The number of aryl methyl sites for hydroxylation is 1. The summed E-state index contributed by atoms with van der Waals surface area (Å²) in [5, 5.41) is 0. The van der Waals surface area contributed by atoms with Crippen LogP contribution in [0.1, 0.15) is 27.0 Å². The number of Topliss-reactive ketones (excluding diaryl/α,β-unsaturated/α-hetero) is 1. The van der Waals surface area contributed by atoms with Gasteiger partial charge >= 0.3 is 5.97 Å². The Balaban J connectivity index is 1.58. The number of hydrogen-bond donors (Lipinski definition) is 0. The van der Waals surface area contributed by atoms with Crippen molar-refractivity contribution in [2.24, 2.45) is 0 Å². The predicted molar refractivity (Wildman–Crippen MR) is 115 cm³/mol. The molecule has 0 aliphatic carbocycles. The number of benzene rings is 2. The zero-order valence-electron chi connectivity index (χ0n) is 16.7. The van der Waals surface area contributed by atoms with Crippen LogP contribution in [-0.2, 0) is 20.9 Å². The lowest BCUT2D eigenvalue weighted by molar-refractivity contribution is -0.144. The van der Waals surface area contributed by atoms with Crippen molar-refractivity contribution >= 4 is 33.8 Å². The number of halogens is 1. The van der Waals surface area contributed by atoms with Crippen molar-refractivity contribution in [1.29, 1.82) is 0 Å². The van der Waals surface area contributed by atoms with Gasteiger partial charge in [-0.2, -0.15) is 0 Å². The Morgan fingerprint density at radius 3 is 2.94 bits per heavy atom. The van der Waals surface area contributed by atoms with Crippen molar-refractivity contribution in [3.63, 3.8) is 0 Å². The van der Waals surface area contributed by atoms with Gasteiger partial charge in [0.25, 0.3) is 0 Å². The van der Waals surface area contributed by atoms with Gasteiger partial charge in [-0.3, -0.25) is 4.79 Å². The van der Waals surface area contributed by atoms with E-state index in [0.29, 0.717) is 40.5 Å². The van der Waals surface area contributed by atoms with E-state index < -0.39 is 5.97 Å². The van der Waals surface area contributed by atoms with E-state index in [9.17, 15) is 9.59 Å². The van der Waals surface area contributed by atoms with Crippen LogP contribution in [0, 0.1) is 6.92 Å². The minimum atomic E-state index is -0.515. The number of esters is 1. The first-order chi connectivity index (χ1) is 15.0. The second-order valence-corrected chi connectivity index (χ2v) is 7.82. The summed E-state index contributed by atoms with van der Waals surface area (Å²) >= 11 is 3.47. The van der Waals surface area contributed by atoms with Crippen LogP contribution in [0.15, 0.2) is 47.2 Å². The normalized spacial score (nSPS) is 15.5. The smallest absolute Gasteiger partial charge is 0.344 e. The maximum absolute atomic E-state index is 13.0. The molecule has 7 nitrogen and oxygen atoms in total. The Morgan fingerprint density at radius 1 is 1.29 bits per heavy atom. The molecule has 2 aromatic rings. The number of ketones is 1. The molecule has 0 atom stereocenters. The highest BCUT2D eigenvalue weighted by Gasteiger charge is 2.31. The van der Waals surface area contributed by atoms with Gasteiger partial charge in [-0.1, -0.05) is 28.6 Å². The van der Waals surface area contributed by atoms with Crippen LogP contribution in [-0.4, -0.2) is 31.8 Å². The molecule has 0 unspecified atom stereocenters. The van der Waals surface area contributed by atoms with Crippen molar-refractivity contribution in [1.82, 2.24) is 0 Å². The highest BCUT2D eigenvalue weighted by Crippen LogP contribution is 2.39. The SMILES string of the molecule is C=CCOC(=O)COc1cc(C)c2c(c1)O/C(=C\c1cc(Br)cc3c1OCOC3)C2=O. The fraction of sp³-hybridized carbons (Fsp3) is 0.217. The summed E-state index contributed by atoms with van der Waals surface area (Å²) in [7, 11) is 0. The number of ether oxygens (including phenoxy) is 5. The third-order valence-electron chi connectivity index (χ3n) is 4.65. The second kappa shape index (κ2) is 8.95. The van der Waals surface area contributed by atoms with Crippen LogP contribution >= 0.6 is 15.9 Å². The molecule has 160 valence electrons. The van der Waals surface area contributed by atoms with E-state index >= 15 is 0 Å². The summed E-state index contributed by atoms with van der Waals surface area (Å²) in [6, 6.07) is 7.04. The highest BCUT2D eigenvalue weighted by atomic mass is 79.9. The van der Waals surface area contributed by atoms with Crippen molar-refractivity contribution in [2.45, 2.75) is 13.5 Å². The molecule has 0 aromatic heterocycles. The van der Waals surface area contributed by atoms with Crippen molar-refractivity contribution in [2.75, 3.05) is 20.0 Å². The van der Waals surface area contributed by atoms with E-state index in [-0.39, 0.29) is 31.5 Å². The minimum Gasteiger partial charge on any atom is -0.482 e. The number of carbonyl (C=O) groups is 2. The van der Waals surface area contributed by atoms with Crippen LogP contribution in [0.2, 0.25) is 0 Å². The van der Waals surface area contributed by atoms with Crippen molar-refractivity contribution in [3.8, 4) is 17.2 Å². The molecule has 0 spiro atoms. The highest BCUT2D eigenvalue weighted by molar-refractivity contribution is 9.10. The molecule has 0 bridgehead atoms. The first kappa shape index (κ1) is 21.1. The number of rotatable bonds is 6. The zero-order chi connectivity index (χ0) is 22.0. The predicted octanol–water partition coefficient (Wildman–Crippen LogP) is 4.35. The molecular weight excluding hydrogens is 468 g/mol. The van der Waals surface area contributed by atoms with Crippen LogP contribution < -0.4 is 14.2 Å². The molecule has 0 radical (unpaired) electrons. The quantitative estimate of drug-likeness (QED) is 0.341. The number of allylic oxidation sites excluding steroid dienone is 1.